The number of benzene rings is 1. The van der Waals surface area contributed by atoms with Crippen LogP contribution in [0.25, 0.3) is 10.9 Å². The van der Waals surface area contributed by atoms with Crippen molar-refractivity contribution in [3.05, 3.63) is 29.5 Å². The number of methoxy groups -OCH3 is 1. The van der Waals surface area contributed by atoms with Crippen LogP contribution in [0.15, 0.2) is 18.2 Å². The molecule has 0 radical (unpaired) electrons. The van der Waals surface area contributed by atoms with Crippen LogP contribution >= 0.6 is 0 Å². The first-order valence-electron chi connectivity index (χ1n) is 9.20. The van der Waals surface area contributed by atoms with E-state index in [0.717, 1.165) is 37.2 Å². The molecule has 1 saturated carbocycles. The first-order valence-corrected chi connectivity index (χ1v) is 9.20. The molecular weight excluding hydrogens is 300 g/mol. The maximum atomic E-state index is 12.7. The Balaban J connectivity index is 1.52. The molecular formula is C20H26N2O2. The van der Waals surface area contributed by atoms with Crippen molar-refractivity contribution >= 4 is 16.8 Å². The van der Waals surface area contributed by atoms with Crippen molar-refractivity contribution in [2.75, 3.05) is 13.7 Å². The minimum atomic E-state index is 0.338. The number of hydrogen-bond donors (Lipinski definition) is 1. The number of aromatic nitrogens is 1. The largest absolute Gasteiger partial charge is 0.497 e. The predicted octanol–water partition coefficient (Wildman–Crippen LogP) is 4.03. The molecule has 4 heteroatoms. The van der Waals surface area contributed by atoms with Crippen LogP contribution in [-0.2, 0) is 17.8 Å². The van der Waals surface area contributed by atoms with Crippen LogP contribution < -0.4 is 4.74 Å². The Morgan fingerprint density at radius 3 is 2.92 bits per heavy atom. The fourth-order valence-electron chi connectivity index (χ4n) is 4.30. The maximum Gasteiger partial charge on any atom is 0.223 e. The number of amides is 1. The van der Waals surface area contributed by atoms with Crippen LogP contribution in [0.5, 0.6) is 5.75 Å². The smallest absolute Gasteiger partial charge is 0.223 e. The van der Waals surface area contributed by atoms with Gasteiger partial charge < -0.3 is 14.6 Å². The predicted molar refractivity (Wildman–Crippen MR) is 95.2 cm³/mol. The van der Waals surface area contributed by atoms with Gasteiger partial charge in [-0.2, -0.15) is 0 Å². The molecule has 1 aliphatic carbocycles. The zero-order chi connectivity index (χ0) is 16.5. The van der Waals surface area contributed by atoms with Gasteiger partial charge in [-0.1, -0.05) is 19.3 Å². The lowest BCUT2D eigenvalue weighted by molar-refractivity contribution is -0.133. The van der Waals surface area contributed by atoms with Crippen LogP contribution in [-0.4, -0.2) is 29.4 Å². The third-order valence-corrected chi connectivity index (χ3v) is 5.72. The Kier molecular flexibility index (Phi) is 4.21. The number of ether oxygens (including phenoxy) is 1. The van der Waals surface area contributed by atoms with Gasteiger partial charge in [0.2, 0.25) is 5.91 Å². The summed E-state index contributed by atoms with van der Waals surface area (Å²) in [7, 11) is 1.69. The summed E-state index contributed by atoms with van der Waals surface area (Å²) in [5.74, 6) is 1.82. The van der Waals surface area contributed by atoms with Crippen molar-refractivity contribution in [2.45, 2.75) is 51.5 Å². The fourth-order valence-corrected chi connectivity index (χ4v) is 4.30. The minimum Gasteiger partial charge on any atom is -0.497 e. The quantitative estimate of drug-likeness (QED) is 0.925. The van der Waals surface area contributed by atoms with Gasteiger partial charge in [-0.3, -0.25) is 4.79 Å². The molecule has 1 aromatic carbocycles. The number of H-pyrrole nitrogens is 1. The van der Waals surface area contributed by atoms with Gasteiger partial charge in [-0.05, 0) is 37.0 Å². The topological polar surface area (TPSA) is 45.3 Å². The molecule has 0 atom stereocenters. The summed E-state index contributed by atoms with van der Waals surface area (Å²) >= 11 is 0. The highest BCUT2D eigenvalue weighted by Crippen LogP contribution is 2.32. The van der Waals surface area contributed by atoms with E-state index in [9.17, 15) is 4.79 Å². The van der Waals surface area contributed by atoms with E-state index < -0.39 is 0 Å². The van der Waals surface area contributed by atoms with Crippen molar-refractivity contribution in [1.29, 1.82) is 0 Å². The molecule has 1 fully saturated rings. The van der Waals surface area contributed by atoms with Gasteiger partial charge in [0, 0.05) is 48.1 Å². The standard InChI is InChI=1S/C20H26N2O2/c1-24-15-7-8-18-16(12-15)17-13-22(10-9-19(17)21-18)20(23)11-14-5-3-2-4-6-14/h7-8,12,14,21H,2-6,9-11,13H2,1H3. The van der Waals surface area contributed by atoms with Gasteiger partial charge in [-0.15, -0.1) is 0 Å². The average Bonchev–Trinajstić information content (AvgIpc) is 2.99. The SMILES string of the molecule is COc1ccc2[nH]c3c(c2c1)CN(C(=O)CC1CCCCC1)CC3. The first-order chi connectivity index (χ1) is 11.7. The lowest BCUT2D eigenvalue weighted by Crippen LogP contribution is -2.36. The number of aromatic amines is 1. The van der Waals surface area contributed by atoms with Crippen molar-refractivity contribution < 1.29 is 9.53 Å². The van der Waals surface area contributed by atoms with E-state index in [2.05, 4.69) is 22.0 Å². The van der Waals surface area contributed by atoms with E-state index in [0.29, 0.717) is 11.8 Å². The van der Waals surface area contributed by atoms with Gasteiger partial charge in [0.25, 0.3) is 0 Å². The molecule has 24 heavy (non-hydrogen) atoms. The lowest BCUT2D eigenvalue weighted by atomic mass is 9.86. The normalized spacial score (nSPS) is 18.6. The molecule has 1 aromatic heterocycles. The Hall–Kier alpha value is -1.97. The van der Waals surface area contributed by atoms with Crippen molar-refractivity contribution in [3.8, 4) is 5.75 Å². The Morgan fingerprint density at radius 1 is 1.29 bits per heavy atom. The summed E-state index contributed by atoms with van der Waals surface area (Å²) in [6, 6.07) is 6.14. The highest BCUT2D eigenvalue weighted by atomic mass is 16.5. The second kappa shape index (κ2) is 6.50. The maximum absolute atomic E-state index is 12.7. The summed E-state index contributed by atoms with van der Waals surface area (Å²) in [6.07, 6.45) is 8.05. The highest BCUT2D eigenvalue weighted by Gasteiger charge is 2.26. The number of nitrogens with one attached hydrogen (secondary N) is 1. The number of carbonyl (C=O) groups excluding carboxylic acids is 1. The molecule has 0 unspecified atom stereocenters. The zero-order valence-corrected chi connectivity index (χ0v) is 14.4. The Morgan fingerprint density at radius 2 is 2.12 bits per heavy atom. The van der Waals surface area contributed by atoms with E-state index in [4.69, 9.17) is 4.74 Å². The molecule has 0 bridgehead atoms. The van der Waals surface area contributed by atoms with Crippen molar-refractivity contribution in [1.82, 2.24) is 9.88 Å². The van der Waals surface area contributed by atoms with Gasteiger partial charge in [0.1, 0.15) is 5.75 Å². The van der Waals surface area contributed by atoms with E-state index in [1.54, 1.807) is 7.11 Å². The highest BCUT2D eigenvalue weighted by molar-refractivity contribution is 5.87. The second-order valence-electron chi connectivity index (χ2n) is 7.27. The summed E-state index contributed by atoms with van der Waals surface area (Å²) in [6.45, 7) is 1.57. The van der Waals surface area contributed by atoms with Crippen molar-refractivity contribution in [3.63, 3.8) is 0 Å². The van der Waals surface area contributed by atoms with Gasteiger partial charge in [-0.25, -0.2) is 0 Å². The number of carbonyl (C=O) groups is 1. The molecule has 0 spiro atoms. The Labute approximate surface area is 143 Å². The van der Waals surface area contributed by atoms with Gasteiger partial charge in [0.15, 0.2) is 0 Å². The molecule has 1 N–H and O–H groups in total. The van der Waals surface area contributed by atoms with E-state index in [1.165, 1.54) is 48.7 Å². The molecule has 4 rings (SSSR count). The molecule has 128 valence electrons. The van der Waals surface area contributed by atoms with Gasteiger partial charge >= 0.3 is 0 Å². The van der Waals surface area contributed by atoms with E-state index in [-0.39, 0.29) is 0 Å². The minimum absolute atomic E-state index is 0.338. The second-order valence-corrected chi connectivity index (χ2v) is 7.27. The molecule has 1 amide bonds. The molecule has 1 aliphatic heterocycles. The van der Waals surface area contributed by atoms with Crippen molar-refractivity contribution in [2.24, 2.45) is 5.92 Å². The number of fused-ring (bicyclic) bond motifs is 3. The monoisotopic (exact) mass is 326 g/mol. The van der Waals surface area contributed by atoms with Gasteiger partial charge in [0.05, 0.1) is 7.11 Å². The summed E-state index contributed by atoms with van der Waals surface area (Å²) in [4.78, 5) is 18.3. The lowest BCUT2D eigenvalue weighted by Gasteiger charge is -2.30. The summed E-state index contributed by atoms with van der Waals surface area (Å²) < 4.78 is 5.36. The number of nitrogens with zero attached hydrogens (tertiary/aromatic N) is 1. The molecule has 2 aromatic rings. The molecule has 2 aliphatic rings. The first kappa shape index (κ1) is 15.6. The van der Waals surface area contributed by atoms with Crippen LogP contribution in [0.3, 0.4) is 0 Å². The fraction of sp³-hybridized carbons (Fsp3) is 0.550. The zero-order valence-electron chi connectivity index (χ0n) is 14.4. The van der Waals surface area contributed by atoms with Crippen LogP contribution in [0.2, 0.25) is 0 Å². The van der Waals surface area contributed by atoms with E-state index >= 15 is 0 Å². The average molecular weight is 326 g/mol. The van der Waals surface area contributed by atoms with Crippen LogP contribution in [0.1, 0.15) is 49.8 Å². The number of rotatable bonds is 3. The number of hydrogen-bond acceptors (Lipinski definition) is 2. The molecule has 2 heterocycles. The molecule has 4 nitrogen and oxygen atoms in total. The third-order valence-electron chi connectivity index (χ3n) is 5.72. The van der Waals surface area contributed by atoms with E-state index in [1.807, 2.05) is 6.07 Å². The van der Waals surface area contributed by atoms with Crippen LogP contribution in [0, 0.1) is 5.92 Å². The third kappa shape index (κ3) is 2.90. The molecule has 0 saturated heterocycles. The Bertz CT molecular complexity index is 743. The van der Waals surface area contributed by atoms with Crippen LogP contribution in [0.4, 0.5) is 0 Å². The summed E-state index contributed by atoms with van der Waals surface area (Å²) in [5, 5.41) is 1.19. The summed E-state index contributed by atoms with van der Waals surface area (Å²) in [5.41, 5.74) is 3.69.